The molecule has 1 aliphatic heterocycles. The van der Waals surface area contributed by atoms with Gasteiger partial charge in [0.15, 0.2) is 9.84 Å². The molecule has 0 aliphatic carbocycles. The summed E-state index contributed by atoms with van der Waals surface area (Å²) >= 11 is 0. The third-order valence-electron chi connectivity index (χ3n) is 3.85. The van der Waals surface area contributed by atoms with Gasteiger partial charge in [-0.15, -0.1) is 0 Å². The summed E-state index contributed by atoms with van der Waals surface area (Å²) in [6.45, 7) is 5.52. The number of ether oxygens (including phenoxy) is 1. The van der Waals surface area contributed by atoms with Crippen molar-refractivity contribution in [3.8, 4) is 5.75 Å². The van der Waals surface area contributed by atoms with Crippen molar-refractivity contribution in [1.82, 2.24) is 10.2 Å². The van der Waals surface area contributed by atoms with Crippen molar-refractivity contribution in [3.63, 3.8) is 0 Å². The molecule has 1 N–H and O–H groups in total. The quantitative estimate of drug-likeness (QED) is 0.836. The van der Waals surface area contributed by atoms with Crippen molar-refractivity contribution in [2.75, 3.05) is 37.7 Å². The molecule has 1 aromatic rings. The standard InChI is InChI=1S/C16H24N2O4S/c1-3-22-15-6-4-5-14(11-15)13(2)17-16(19)12-18-7-9-23(20,21)10-8-18/h4-6,11,13H,3,7-10,12H2,1-2H3,(H,17,19). The van der Waals surface area contributed by atoms with Gasteiger partial charge in [0.2, 0.25) is 5.91 Å². The number of rotatable bonds is 6. The van der Waals surface area contributed by atoms with Crippen LogP contribution in [0.25, 0.3) is 0 Å². The number of nitrogens with zero attached hydrogens (tertiary/aromatic N) is 1. The van der Waals surface area contributed by atoms with Gasteiger partial charge in [0.1, 0.15) is 5.75 Å². The first-order valence-electron chi connectivity index (χ1n) is 7.84. The lowest BCUT2D eigenvalue weighted by Crippen LogP contribution is -2.45. The van der Waals surface area contributed by atoms with Gasteiger partial charge in [0.05, 0.1) is 30.7 Å². The number of benzene rings is 1. The Kier molecular flexibility index (Phi) is 6.01. The van der Waals surface area contributed by atoms with E-state index in [4.69, 9.17) is 4.74 Å². The van der Waals surface area contributed by atoms with Crippen LogP contribution in [0, 0.1) is 0 Å². The third kappa shape index (κ3) is 5.51. The van der Waals surface area contributed by atoms with E-state index in [1.807, 2.05) is 43.0 Å². The molecule has 1 heterocycles. The van der Waals surface area contributed by atoms with Crippen molar-refractivity contribution in [2.24, 2.45) is 0 Å². The van der Waals surface area contributed by atoms with Crippen LogP contribution in [-0.4, -0.2) is 57.0 Å². The highest BCUT2D eigenvalue weighted by Gasteiger charge is 2.23. The first-order chi connectivity index (χ1) is 10.9. The second kappa shape index (κ2) is 7.79. The summed E-state index contributed by atoms with van der Waals surface area (Å²) in [5.74, 6) is 0.948. The van der Waals surface area contributed by atoms with Crippen molar-refractivity contribution < 1.29 is 17.9 Å². The van der Waals surface area contributed by atoms with Gasteiger partial charge in [0.25, 0.3) is 0 Å². The van der Waals surface area contributed by atoms with Gasteiger partial charge < -0.3 is 10.1 Å². The Labute approximate surface area is 137 Å². The van der Waals surface area contributed by atoms with Gasteiger partial charge in [-0.2, -0.15) is 0 Å². The van der Waals surface area contributed by atoms with E-state index >= 15 is 0 Å². The highest BCUT2D eigenvalue weighted by atomic mass is 32.2. The Hall–Kier alpha value is -1.60. The highest BCUT2D eigenvalue weighted by Crippen LogP contribution is 2.19. The lowest BCUT2D eigenvalue weighted by atomic mass is 10.1. The Morgan fingerprint density at radius 1 is 1.35 bits per heavy atom. The molecule has 0 saturated carbocycles. The Bertz CT molecular complexity index is 631. The van der Waals surface area contributed by atoms with Gasteiger partial charge >= 0.3 is 0 Å². The maximum Gasteiger partial charge on any atom is 0.234 e. The van der Waals surface area contributed by atoms with Gasteiger partial charge in [-0.1, -0.05) is 12.1 Å². The summed E-state index contributed by atoms with van der Waals surface area (Å²) in [7, 11) is -2.92. The molecule has 1 saturated heterocycles. The predicted octanol–water partition coefficient (Wildman–Crippen LogP) is 0.993. The van der Waals surface area contributed by atoms with E-state index in [-0.39, 0.29) is 30.0 Å². The van der Waals surface area contributed by atoms with E-state index in [0.29, 0.717) is 19.7 Å². The zero-order chi connectivity index (χ0) is 16.9. The maximum atomic E-state index is 12.1. The number of amides is 1. The Balaban J connectivity index is 1.86. The molecule has 6 nitrogen and oxygen atoms in total. The van der Waals surface area contributed by atoms with E-state index < -0.39 is 9.84 Å². The fraction of sp³-hybridized carbons (Fsp3) is 0.562. The molecule has 2 rings (SSSR count). The van der Waals surface area contributed by atoms with E-state index in [1.165, 1.54) is 0 Å². The van der Waals surface area contributed by atoms with Crippen LogP contribution in [0.4, 0.5) is 0 Å². The van der Waals surface area contributed by atoms with Crippen LogP contribution in [-0.2, 0) is 14.6 Å². The van der Waals surface area contributed by atoms with Crippen molar-refractivity contribution in [2.45, 2.75) is 19.9 Å². The number of hydrogen-bond acceptors (Lipinski definition) is 5. The second-order valence-corrected chi connectivity index (χ2v) is 8.03. The molecule has 128 valence electrons. The molecule has 0 aromatic heterocycles. The third-order valence-corrected chi connectivity index (χ3v) is 5.46. The van der Waals surface area contributed by atoms with E-state index in [2.05, 4.69) is 5.32 Å². The summed E-state index contributed by atoms with van der Waals surface area (Å²) in [5, 5.41) is 2.95. The van der Waals surface area contributed by atoms with E-state index in [9.17, 15) is 13.2 Å². The fourth-order valence-corrected chi connectivity index (χ4v) is 3.80. The number of sulfone groups is 1. The summed E-state index contributed by atoms with van der Waals surface area (Å²) in [4.78, 5) is 14.0. The van der Waals surface area contributed by atoms with Crippen molar-refractivity contribution in [1.29, 1.82) is 0 Å². The second-order valence-electron chi connectivity index (χ2n) is 5.72. The van der Waals surface area contributed by atoms with E-state index in [0.717, 1.165) is 11.3 Å². The predicted molar refractivity (Wildman–Crippen MR) is 89.3 cm³/mol. The van der Waals surface area contributed by atoms with Crippen LogP contribution in [0.2, 0.25) is 0 Å². The average molecular weight is 340 g/mol. The zero-order valence-electron chi connectivity index (χ0n) is 13.6. The molecular weight excluding hydrogens is 316 g/mol. The lowest BCUT2D eigenvalue weighted by Gasteiger charge is -2.26. The van der Waals surface area contributed by atoms with Crippen molar-refractivity contribution >= 4 is 15.7 Å². The molecule has 7 heteroatoms. The minimum Gasteiger partial charge on any atom is -0.494 e. The Morgan fingerprint density at radius 2 is 2.04 bits per heavy atom. The van der Waals surface area contributed by atoms with Crippen LogP contribution in [0.5, 0.6) is 5.75 Å². The topological polar surface area (TPSA) is 75.7 Å². The van der Waals surface area contributed by atoms with Crippen LogP contribution >= 0.6 is 0 Å². The average Bonchev–Trinajstić information content (AvgIpc) is 2.50. The lowest BCUT2D eigenvalue weighted by molar-refractivity contribution is -0.122. The Morgan fingerprint density at radius 3 is 2.70 bits per heavy atom. The zero-order valence-corrected chi connectivity index (χ0v) is 14.4. The summed E-state index contributed by atoms with van der Waals surface area (Å²) in [5.41, 5.74) is 0.977. The van der Waals surface area contributed by atoms with Crippen LogP contribution in [0.15, 0.2) is 24.3 Å². The molecule has 23 heavy (non-hydrogen) atoms. The first kappa shape index (κ1) is 17.7. The van der Waals surface area contributed by atoms with E-state index in [1.54, 1.807) is 0 Å². The van der Waals surface area contributed by atoms with Crippen LogP contribution < -0.4 is 10.1 Å². The molecule has 1 amide bonds. The minimum absolute atomic E-state index is 0.0985. The summed E-state index contributed by atoms with van der Waals surface area (Å²) < 4.78 is 28.2. The van der Waals surface area contributed by atoms with Gasteiger partial charge in [0, 0.05) is 13.1 Å². The minimum atomic E-state index is -2.92. The van der Waals surface area contributed by atoms with Crippen LogP contribution in [0.3, 0.4) is 0 Å². The van der Waals surface area contributed by atoms with Gasteiger partial charge in [-0.25, -0.2) is 8.42 Å². The molecule has 0 spiro atoms. The summed E-state index contributed by atoms with van der Waals surface area (Å²) in [6, 6.07) is 7.52. The number of nitrogens with one attached hydrogen (secondary N) is 1. The molecule has 0 radical (unpaired) electrons. The molecule has 1 fully saturated rings. The summed E-state index contributed by atoms with van der Waals surface area (Å²) in [6.07, 6.45) is 0. The largest absolute Gasteiger partial charge is 0.494 e. The SMILES string of the molecule is CCOc1cccc(C(C)NC(=O)CN2CCS(=O)(=O)CC2)c1. The number of carbonyl (C=O) groups excluding carboxylic acids is 1. The first-order valence-corrected chi connectivity index (χ1v) is 9.66. The van der Waals surface area contributed by atoms with Gasteiger partial charge in [-0.3, -0.25) is 9.69 Å². The molecular formula is C16H24N2O4S. The monoisotopic (exact) mass is 340 g/mol. The maximum absolute atomic E-state index is 12.1. The van der Waals surface area contributed by atoms with Crippen molar-refractivity contribution in [3.05, 3.63) is 29.8 Å². The molecule has 1 aromatic carbocycles. The fourth-order valence-electron chi connectivity index (χ4n) is 2.52. The number of hydrogen-bond donors (Lipinski definition) is 1. The molecule has 1 aliphatic rings. The van der Waals surface area contributed by atoms with Gasteiger partial charge in [-0.05, 0) is 31.5 Å². The molecule has 0 bridgehead atoms. The molecule has 1 unspecified atom stereocenters. The number of carbonyl (C=O) groups is 1. The normalized spacial score (nSPS) is 19.0. The highest BCUT2D eigenvalue weighted by molar-refractivity contribution is 7.91. The van der Waals surface area contributed by atoms with Crippen LogP contribution in [0.1, 0.15) is 25.5 Å². The smallest absolute Gasteiger partial charge is 0.234 e. The molecule has 1 atom stereocenters.